The van der Waals surface area contributed by atoms with Crippen LogP contribution in [-0.4, -0.2) is 15.0 Å². The fraction of sp³-hybridized carbons (Fsp3) is 0.0714. The number of nitrogens with two attached hydrogens (primary N) is 1. The van der Waals surface area contributed by atoms with Gasteiger partial charge < -0.3 is 5.73 Å². The Morgan fingerprint density at radius 3 is 2.56 bits per heavy atom. The first kappa shape index (κ1) is 10.7. The zero-order chi connectivity index (χ0) is 12.4. The van der Waals surface area contributed by atoms with Gasteiger partial charge in [-0.3, -0.25) is 4.98 Å². The minimum absolute atomic E-state index is 0.178. The zero-order valence-corrected chi connectivity index (χ0v) is 9.69. The molecule has 0 amide bonds. The van der Waals surface area contributed by atoms with E-state index < -0.39 is 0 Å². The van der Waals surface area contributed by atoms with Crippen LogP contribution in [0.15, 0.2) is 54.8 Å². The van der Waals surface area contributed by atoms with Crippen LogP contribution in [0, 0.1) is 0 Å². The molecule has 0 aromatic carbocycles. The average molecular weight is 236 g/mol. The van der Waals surface area contributed by atoms with Crippen molar-refractivity contribution in [2.24, 2.45) is 0 Å². The Bertz CT molecular complexity index is 605. The Labute approximate surface area is 105 Å². The van der Waals surface area contributed by atoms with Gasteiger partial charge in [0.15, 0.2) is 0 Å². The Balaban J connectivity index is 2.06. The standard InChI is InChI=1S/C14H12N4/c15-14-17-12(10-5-1-2-6-10)9-13(18-14)11-7-3-4-8-16-11/h1-10H,(H2,15,17,18). The molecule has 88 valence electrons. The number of nitrogen functional groups attached to an aromatic ring is 1. The van der Waals surface area contributed by atoms with Crippen molar-refractivity contribution < 1.29 is 0 Å². The molecule has 2 heterocycles. The summed E-state index contributed by atoms with van der Waals surface area (Å²) in [6, 6.07) is 7.64. The van der Waals surface area contributed by atoms with Gasteiger partial charge in [-0.2, -0.15) is 0 Å². The highest BCUT2D eigenvalue weighted by Gasteiger charge is 2.12. The van der Waals surface area contributed by atoms with Crippen molar-refractivity contribution in [3.63, 3.8) is 0 Å². The van der Waals surface area contributed by atoms with E-state index in [9.17, 15) is 0 Å². The highest BCUT2D eigenvalue weighted by atomic mass is 15.0. The van der Waals surface area contributed by atoms with Crippen LogP contribution in [-0.2, 0) is 0 Å². The van der Waals surface area contributed by atoms with Crippen molar-refractivity contribution in [2.45, 2.75) is 5.92 Å². The molecule has 0 atom stereocenters. The molecule has 1 aliphatic rings. The van der Waals surface area contributed by atoms with Crippen LogP contribution in [0.3, 0.4) is 0 Å². The van der Waals surface area contributed by atoms with Crippen LogP contribution >= 0.6 is 0 Å². The van der Waals surface area contributed by atoms with Crippen molar-refractivity contribution in [3.05, 3.63) is 60.5 Å². The minimum atomic E-state index is 0.178. The largest absolute Gasteiger partial charge is 0.368 e. The van der Waals surface area contributed by atoms with Gasteiger partial charge in [0.2, 0.25) is 5.95 Å². The van der Waals surface area contributed by atoms with Crippen LogP contribution in [0.1, 0.15) is 11.6 Å². The van der Waals surface area contributed by atoms with Gasteiger partial charge in [0.1, 0.15) is 0 Å². The molecule has 1 aliphatic carbocycles. The molecule has 4 nitrogen and oxygen atoms in total. The first-order valence-electron chi connectivity index (χ1n) is 5.74. The third-order valence-corrected chi connectivity index (χ3v) is 2.78. The molecule has 18 heavy (non-hydrogen) atoms. The van der Waals surface area contributed by atoms with E-state index in [1.807, 2.05) is 36.4 Å². The molecule has 4 heteroatoms. The molecule has 2 aromatic rings. The van der Waals surface area contributed by atoms with Gasteiger partial charge in [0, 0.05) is 12.1 Å². The topological polar surface area (TPSA) is 64.7 Å². The van der Waals surface area contributed by atoms with Gasteiger partial charge in [0.05, 0.1) is 17.1 Å². The highest BCUT2D eigenvalue weighted by Crippen LogP contribution is 2.25. The van der Waals surface area contributed by atoms with Crippen LogP contribution in [0.25, 0.3) is 11.4 Å². The van der Waals surface area contributed by atoms with Gasteiger partial charge >= 0.3 is 0 Å². The number of pyridine rings is 1. The quantitative estimate of drug-likeness (QED) is 0.869. The third-order valence-electron chi connectivity index (χ3n) is 2.78. The summed E-state index contributed by atoms with van der Waals surface area (Å²) in [4.78, 5) is 12.8. The van der Waals surface area contributed by atoms with Gasteiger partial charge in [-0.05, 0) is 18.2 Å². The molecule has 0 bridgehead atoms. The lowest BCUT2D eigenvalue weighted by Crippen LogP contribution is -2.03. The summed E-state index contributed by atoms with van der Waals surface area (Å²) in [5.74, 6) is 0.458. The molecule has 0 saturated carbocycles. The maximum atomic E-state index is 5.77. The average Bonchev–Trinajstić information content (AvgIpc) is 2.93. The predicted molar refractivity (Wildman–Crippen MR) is 70.7 cm³/mol. The van der Waals surface area contributed by atoms with Crippen molar-refractivity contribution in [2.75, 3.05) is 5.73 Å². The summed E-state index contributed by atoms with van der Waals surface area (Å²) >= 11 is 0. The SMILES string of the molecule is Nc1nc(-c2ccccn2)cc(C2C=CC=C2)n1. The summed E-state index contributed by atoms with van der Waals surface area (Å²) in [6.07, 6.45) is 9.89. The van der Waals surface area contributed by atoms with Crippen molar-refractivity contribution in [3.8, 4) is 11.4 Å². The number of allylic oxidation sites excluding steroid dienone is 4. The van der Waals surface area contributed by atoms with E-state index in [4.69, 9.17) is 5.73 Å². The number of rotatable bonds is 2. The number of hydrogen-bond donors (Lipinski definition) is 1. The van der Waals surface area contributed by atoms with E-state index in [1.165, 1.54) is 0 Å². The molecule has 0 aliphatic heterocycles. The molecule has 0 fully saturated rings. The summed E-state index contributed by atoms with van der Waals surface area (Å²) < 4.78 is 0. The van der Waals surface area contributed by atoms with Gasteiger partial charge in [-0.1, -0.05) is 30.4 Å². The Morgan fingerprint density at radius 1 is 1.00 bits per heavy atom. The van der Waals surface area contributed by atoms with Gasteiger partial charge in [-0.15, -0.1) is 0 Å². The molecule has 3 rings (SSSR count). The first-order valence-corrected chi connectivity index (χ1v) is 5.74. The van der Waals surface area contributed by atoms with E-state index in [0.29, 0.717) is 0 Å². The molecular weight excluding hydrogens is 224 g/mol. The normalized spacial score (nSPS) is 14.2. The van der Waals surface area contributed by atoms with E-state index in [1.54, 1.807) is 6.20 Å². The molecule has 0 radical (unpaired) electrons. The number of anilines is 1. The molecule has 2 aromatic heterocycles. The fourth-order valence-electron chi connectivity index (χ4n) is 1.93. The number of hydrogen-bond acceptors (Lipinski definition) is 4. The Hall–Kier alpha value is -2.49. The lowest BCUT2D eigenvalue weighted by molar-refractivity contribution is 0.984. The molecular formula is C14H12N4. The second-order valence-corrected chi connectivity index (χ2v) is 4.05. The van der Waals surface area contributed by atoms with Crippen LogP contribution < -0.4 is 5.73 Å². The van der Waals surface area contributed by atoms with Crippen LogP contribution in [0.4, 0.5) is 5.95 Å². The minimum Gasteiger partial charge on any atom is -0.368 e. The van der Waals surface area contributed by atoms with Crippen molar-refractivity contribution in [1.82, 2.24) is 15.0 Å². The smallest absolute Gasteiger partial charge is 0.220 e. The summed E-state index contributed by atoms with van der Waals surface area (Å²) in [5, 5.41) is 0. The Morgan fingerprint density at radius 2 is 1.83 bits per heavy atom. The highest BCUT2D eigenvalue weighted by molar-refractivity contribution is 5.56. The molecule has 2 N–H and O–H groups in total. The van der Waals surface area contributed by atoms with E-state index in [2.05, 4.69) is 27.1 Å². The van der Waals surface area contributed by atoms with Crippen LogP contribution in [0.5, 0.6) is 0 Å². The first-order chi connectivity index (χ1) is 8.83. The lowest BCUT2D eigenvalue weighted by Gasteiger charge is -2.08. The molecule has 0 spiro atoms. The fourth-order valence-corrected chi connectivity index (χ4v) is 1.93. The van der Waals surface area contributed by atoms with E-state index in [-0.39, 0.29) is 11.9 Å². The van der Waals surface area contributed by atoms with Gasteiger partial charge in [-0.25, -0.2) is 9.97 Å². The molecule has 0 saturated heterocycles. The number of nitrogens with zero attached hydrogens (tertiary/aromatic N) is 3. The lowest BCUT2D eigenvalue weighted by atomic mass is 10.1. The van der Waals surface area contributed by atoms with Crippen molar-refractivity contribution >= 4 is 5.95 Å². The molecule has 0 unspecified atom stereocenters. The summed E-state index contributed by atoms with van der Waals surface area (Å²) in [5.41, 5.74) is 8.22. The predicted octanol–water partition coefficient (Wildman–Crippen LogP) is 2.33. The summed E-state index contributed by atoms with van der Waals surface area (Å²) in [7, 11) is 0. The maximum Gasteiger partial charge on any atom is 0.220 e. The van der Waals surface area contributed by atoms with Crippen molar-refractivity contribution in [1.29, 1.82) is 0 Å². The van der Waals surface area contributed by atoms with Crippen LogP contribution in [0.2, 0.25) is 0 Å². The van der Waals surface area contributed by atoms with E-state index in [0.717, 1.165) is 17.1 Å². The third kappa shape index (κ3) is 2.00. The number of aromatic nitrogens is 3. The second-order valence-electron chi connectivity index (χ2n) is 4.05. The second kappa shape index (κ2) is 4.41. The van der Waals surface area contributed by atoms with Gasteiger partial charge in [0.25, 0.3) is 0 Å². The van der Waals surface area contributed by atoms with E-state index >= 15 is 0 Å². The zero-order valence-electron chi connectivity index (χ0n) is 9.69. The summed E-state index contributed by atoms with van der Waals surface area (Å²) in [6.45, 7) is 0. The monoisotopic (exact) mass is 236 g/mol. The maximum absolute atomic E-state index is 5.77. The Kier molecular flexibility index (Phi) is 2.61.